The number of allylic oxidation sites excluding steroid dienone is 1. The molecule has 168 valence electrons. The minimum absolute atomic E-state index is 0.0119. The maximum atomic E-state index is 13.3. The van der Waals surface area contributed by atoms with Crippen LogP contribution in [-0.4, -0.2) is 27.6 Å². The molecule has 34 heavy (non-hydrogen) atoms. The van der Waals surface area contributed by atoms with Crippen molar-refractivity contribution in [1.82, 2.24) is 15.6 Å². The number of aryl methyl sites for hydroxylation is 1. The fourth-order valence-corrected chi connectivity index (χ4v) is 3.51. The highest BCUT2D eigenvalue weighted by Gasteiger charge is 2.20. The van der Waals surface area contributed by atoms with Gasteiger partial charge >= 0.3 is 0 Å². The zero-order valence-electron chi connectivity index (χ0n) is 18.7. The van der Waals surface area contributed by atoms with Crippen LogP contribution in [0.2, 0.25) is 0 Å². The molecule has 4 rings (SSSR count). The van der Waals surface area contributed by atoms with Gasteiger partial charge in [0.1, 0.15) is 5.69 Å². The molecule has 0 aliphatic heterocycles. The Morgan fingerprint density at radius 2 is 1.59 bits per heavy atom. The van der Waals surface area contributed by atoms with Crippen LogP contribution < -0.4 is 11.0 Å². The monoisotopic (exact) mass is 450 g/mol. The summed E-state index contributed by atoms with van der Waals surface area (Å²) in [7, 11) is 0. The van der Waals surface area contributed by atoms with Gasteiger partial charge in [-0.25, -0.2) is 10.5 Å². The van der Waals surface area contributed by atoms with Gasteiger partial charge in [0.05, 0.1) is 16.7 Å². The number of carbonyl (C=O) groups excluding carboxylic acids is 2. The first-order valence-corrected chi connectivity index (χ1v) is 10.6. The molecular formula is C27H22N4O3. The third kappa shape index (κ3) is 4.88. The Hall–Kier alpha value is -4.65. The van der Waals surface area contributed by atoms with Gasteiger partial charge in [-0.2, -0.15) is 10.2 Å². The number of amides is 1. The van der Waals surface area contributed by atoms with E-state index in [-0.39, 0.29) is 22.6 Å². The number of H-pyrrole nitrogens is 1. The van der Waals surface area contributed by atoms with E-state index in [0.717, 1.165) is 11.1 Å². The molecule has 0 fully saturated rings. The van der Waals surface area contributed by atoms with Gasteiger partial charge < -0.3 is 0 Å². The third-order valence-corrected chi connectivity index (χ3v) is 5.29. The van der Waals surface area contributed by atoms with E-state index in [1.165, 1.54) is 6.08 Å². The summed E-state index contributed by atoms with van der Waals surface area (Å²) in [5.41, 5.74) is 5.26. The molecule has 7 nitrogen and oxygen atoms in total. The number of rotatable bonds is 6. The van der Waals surface area contributed by atoms with Crippen molar-refractivity contribution in [1.29, 1.82) is 0 Å². The Morgan fingerprint density at radius 1 is 0.912 bits per heavy atom. The van der Waals surface area contributed by atoms with Crippen molar-refractivity contribution in [3.05, 3.63) is 118 Å². The fraction of sp³-hybridized carbons (Fsp3) is 0.0741. The van der Waals surface area contributed by atoms with Gasteiger partial charge in [0.2, 0.25) is 0 Å². The molecule has 0 radical (unpaired) electrons. The summed E-state index contributed by atoms with van der Waals surface area (Å²) in [6, 6.07) is 23.1. The van der Waals surface area contributed by atoms with Crippen LogP contribution in [-0.2, 0) is 4.79 Å². The van der Waals surface area contributed by atoms with Gasteiger partial charge in [-0.1, -0.05) is 78.4 Å². The van der Waals surface area contributed by atoms with Crippen molar-refractivity contribution in [3.63, 3.8) is 0 Å². The molecule has 2 N–H and O–H groups in total. The van der Waals surface area contributed by atoms with Crippen LogP contribution in [0.5, 0.6) is 0 Å². The molecule has 0 atom stereocenters. The van der Waals surface area contributed by atoms with Gasteiger partial charge in [0.15, 0.2) is 5.78 Å². The van der Waals surface area contributed by atoms with Gasteiger partial charge in [-0.05, 0) is 25.5 Å². The van der Waals surface area contributed by atoms with E-state index in [1.54, 1.807) is 61.5 Å². The van der Waals surface area contributed by atoms with Crippen LogP contribution in [0.4, 0.5) is 0 Å². The number of nitrogens with zero attached hydrogens (tertiary/aromatic N) is 2. The van der Waals surface area contributed by atoms with E-state index in [1.807, 2.05) is 31.2 Å². The van der Waals surface area contributed by atoms with Gasteiger partial charge in [-0.15, -0.1) is 0 Å². The molecule has 1 amide bonds. The molecule has 1 aromatic heterocycles. The predicted molar refractivity (Wildman–Crippen MR) is 133 cm³/mol. The molecule has 0 bridgehead atoms. The second kappa shape index (κ2) is 9.87. The van der Waals surface area contributed by atoms with Crippen LogP contribution >= 0.6 is 0 Å². The molecule has 4 aromatic rings. The summed E-state index contributed by atoms with van der Waals surface area (Å²) in [5, 5.41) is 11.6. The molecule has 0 saturated carbocycles. The third-order valence-electron chi connectivity index (χ3n) is 5.29. The number of aromatic nitrogens is 2. The lowest BCUT2D eigenvalue weighted by molar-refractivity contribution is -0.115. The lowest BCUT2D eigenvalue weighted by Gasteiger charge is -2.09. The minimum Gasteiger partial charge on any atom is -0.289 e. The first-order valence-electron chi connectivity index (χ1n) is 10.6. The number of fused-ring (bicyclic) bond motifs is 1. The standard InChI is InChI=1S/C27H22N4O3/c1-17-9-8-12-20(15-17)18(2)28-30-27(34)23(16-24(32)19-10-4-3-5-11-19)25-21-13-6-7-14-22(21)26(33)31-29-25/h3-16H,1-2H3,(H,30,34)(H,31,33). The van der Waals surface area contributed by atoms with Crippen molar-refractivity contribution in [2.45, 2.75) is 13.8 Å². The van der Waals surface area contributed by atoms with E-state index in [9.17, 15) is 14.4 Å². The summed E-state index contributed by atoms with van der Waals surface area (Å²) in [6.07, 6.45) is 1.22. The first kappa shape index (κ1) is 22.5. The smallest absolute Gasteiger partial charge is 0.273 e. The highest BCUT2D eigenvalue weighted by molar-refractivity contribution is 6.27. The van der Waals surface area contributed by atoms with E-state index in [2.05, 4.69) is 20.7 Å². The summed E-state index contributed by atoms with van der Waals surface area (Å²) in [5.74, 6) is -0.997. The molecule has 0 aliphatic rings. The fourth-order valence-electron chi connectivity index (χ4n) is 3.51. The lowest BCUT2D eigenvalue weighted by atomic mass is 10.0. The summed E-state index contributed by atoms with van der Waals surface area (Å²) < 4.78 is 0. The second-order valence-electron chi connectivity index (χ2n) is 7.74. The maximum Gasteiger partial charge on any atom is 0.273 e. The Balaban J connectivity index is 1.77. The molecule has 7 heteroatoms. The van der Waals surface area contributed by atoms with E-state index < -0.39 is 5.91 Å². The maximum absolute atomic E-state index is 13.3. The van der Waals surface area contributed by atoms with Crippen molar-refractivity contribution in [2.75, 3.05) is 0 Å². The Bertz CT molecular complexity index is 1500. The van der Waals surface area contributed by atoms with Crippen LogP contribution in [0.25, 0.3) is 16.3 Å². The van der Waals surface area contributed by atoms with E-state index in [4.69, 9.17) is 0 Å². The minimum atomic E-state index is -0.624. The predicted octanol–water partition coefficient (Wildman–Crippen LogP) is 4.04. The number of ketones is 1. The quantitative estimate of drug-likeness (QED) is 0.200. The summed E-state index contributed by atoms with van der Waals surface area (Å²) in [4.78, 5) is 38.5. The number of hydrogen-bond donors (Lipinski definition) is 2. The highest BCUT2D eigenvalue weighted by Crippen LogP contribution is 2.21. The SMILES string of the molecule is CC(=NNC(=O)C(=CC(=O)c1ccccc1)c1n[nH]c(=O)c2ccccc12)c1cccc(C)c1. The zero-order valence-corrected chi connectivity index (χ0v) is 18.7. The number of hydrogen-bond acceptors (Lipinski definition) is 5. The van der Waals surface area contributed by atoms with E-state index in [0.29, 0.717) is 22.0 Å². The van der Waals surface area contributed by atoms with Crippen molar-refractivity contribution < 1.29 is 9.59 Å². The largest absolute Gasteiger partial charge is 0.289 e. The number of nitrogens with one attached hydrogen (secondary N) is 2. The van der Waals surface area contributed by atoms with Crippen LogP contribution in [0, 0.1) is 6.92 Å². The number of benzene rings is 3. The zero-order chi connectivity index (χ0) is 24.1. The van der Waals surface area contributed by atoms with Gasteiger partial charge in [0, 0.05) is 17.0 Å². The molecule has 0 aliphatic carbocycles. The Morgan fingerprint density at radius 3 is 2.32 bits per heavy atom. The first-order chi connectivity index (χ1) is 16.4. The van der Waals surface area contributed by atoms with Gasteiger partial charge in [0.25, 0.3) is 11.5 Å². The number of carbonyl (C=O) groups is 2. The Labute approximate surface area is 195 Å². The summed E-state index contributed by atoms with van der Waals surface area (Å²) >= 11 is 0. The van der Waals surface area contributed by atoms with Gasteiger partial charge in [-0.3, -0.25) is 14.4 Å². The van der Waals surface area contributed by atoms with Crippen molar-refractivity contribution in [2.24, 2.45) is 5.10 Å². The lowest BCUT2D eigenvalue weighted by Crippen LogP contribution is -2.23. The average molecular weight is 450 g/mol. The van der Waals surface area contributed by atoms with Crippen LogP contribution in [0.3, 0.4) is 0 Å². The normalized spacial score (nSPS) is 11.9. The molecule has 1 heterocycles. The second-order valence-corrected chi connectivity index (χ2v) is 7.74. The number of aromatic amines is 1. The average Bonchev–Trinajstić information content (AvgIpc) is 2.87. The molecule has 0 saturated heterocycles. The van der Waals surface area contributed by atoms with Crippen molar-refractivity contribution in [3.8, 4) is 0 Å². The molecular weight excluding hydrogens is 428 g/mol. The van der Waals surface area contributed by atoms with E-state index >= 15 is 0 Å². The van der Waals surface area contributed by atoms with Crippen LogP contribution in [0.15, 0.2) is 94.8 Å². The highest BCUT2D eigenvalue weighted by atomic mass is 16.2. The van der Waals surface area contributed by atoms with Crippen molar-refractivity contribution >= 4 is 33.7 Å². The molecule has 3 aromatic carbocycles. The molecule has 0 spiro atoms. The topological polar surface area (TPSA) is 104 Å². The van der Waals surface area contributed by atoms with Crippen LogP contribution in [0.1, 0.15) is 34.1 Å². The molecule has 0 unspecified atom stereocenters. The number of hydrazone groups is 1. The Kier molecular flexibility index (Phi) is 6.54. The summed E-state index contributed by atoms with van der Waals surface area (Å²) in [6.45, 7) is 3.75.